The maximum absolute atomic E-state index is 12.9. The summed E-state index contributed by atoms with van der Waals surface area (Å²) in [4.78, 5) is 25.0. The van der Waals surface area contributed by atoms with Gasteiger partial charge in [-0.2, -0.15) is 0 Å². The lowest BCUT2D eigenvalue weighted by Gasteiger charge is -2.16. The Balaban J connectivity index is 1.50. The zero-order valence-electron chi connectivity index (χ0n) is 17.5. The number of anilines is 2. The summed E-state index contributed by atoms with van der Waals surface area (Å²) in [6.45, 7) is 3.84. The number of fused-ring (bicyclic) bond motifs is 1. The highest BCUT2D eigenvalue weighted by molar-refractivity contribution is 5.99. The Bertz CT molecular complexity index is 1120. The van der Waals surface area contributed by atoms with Crippen molar-refractivity contribution in [1.29, 1.82) is 0 Å². The second-order valence-electron chi connectivity index (χ2n) is 7.98. The number of carbonyl (C=O) groups excluding carboxylic acids is 2. The Morgan fingerprint density at radius 1 is 0.967 bits per heavy atom. The molecule has 3 aromatic carbocycles. The standard InChI is InChI=1S/C25H26N2O3/c1-15-4-10-21(26-25(29)17-5-6-17)14-23(15)27-24(28)16(2)18-7-8-20-13-22(30-3)11-9-19(20)12-18/h4,7-14,16-17H,5-6H2,1-3H3,(H,26,29)(H,27,28)/t16-/m0/s1. The number of hydrogen-bond acceptors (Lipinski definition) is 3. The van der Waals surface area contributed by atoms with E-state index in [0.717, 1.165) is 40.5 Å². The molecule has 0 bridgehead atoms. The average molecular weight is 402 g/mol. The molecular weight excluding hydrogens is 376 g/mol. The normalized spacial score (nSPS) is 14.2. The number of benzene rings is 3. The summed E-state index contributed by atoms with van der Waals surface area (Å²) in [6, 6.07) is 17.5. The Kier molecular flexibility index (Phi) is 5.44. The van der Waals surface area contributed by atoms with Gasteiger partial charge in [0.15, 0.2) is 0 Å². The summed E-state index contributed by atoms with van der Waals surface area (Å²) in [5.41, 5.74) is 3.32. The third-order valence-corrected chi connectivity index (χ3v) is 5.68. The Labute approximate surface area is 176 Å². The van der Waals surface area contributed by atoms with Crippen LogP contribution >= 0.6 is 0 Å². The molecule has 1 fully saturated rings. The molecule has 1 aliphatic carbocycles. The zero-order valence-corrected chi connectivity index (χ0v) is 17.5. The van der Waals surface area contributed by atoms with Gasteiger partial charge in [-0.25, -0.2) is 0 Å². The molecule has 5 heteroatoms. The summed E-state index contributed by atoms with van der Waals surface area (Å²) >= 11 is 0. The largest absolute Gasteiger partial charge is 0.497 e. The van der Waals surface area contributed by atoms with Gasteiger partial charge in [-0.3, -0.25) is 9.59 Å². The first-order valence-electron chi connectivity index (χ1n) is 10.2. The van der Waals surface area contributed by atoms with E-state index < -0.39 is 0 Å². The molecule has 2 amide bonds. The van der Waals surface area contributed by atoms with Crippen molar-refractivity contribution < 1.29 is 14.3 Å². The number of aryl methyl sites for hydroxylation is 1. The molecule has 0 unspecified atom stereocenters. The summed E-state index contributed by atoms with van der Waals surface area (Å²) < 4.78 is 5.28. The summed E-state index contributed by atoms with van der Waals surface area (Å²) in [7, 11) is 1.65. The number of hydrogen-bond donors (Lipinski definition) is 2. The molecule has 4 rings (SSSR count). The predicted molar refractivity (Wildman–Crippen MR) is 120 cm³/mol. The minimum atomic E-state index is -0.319. The van der Waals surface area contributed by atoms with Crippen LogP contribution < -0.4 is 15.4 Å². The molecule has 30 heavy (non-hydrogen) atoms. The first-order valence-corrected chi connectivity index (χ1v) is 10.2. The molecule has 0 saturated heterocycles. The quantitative estimate of drug-likeness (QED) is 0.592. The summed E-state index contributed by atoms with van der Waals surface area (Å²) in [6.07, 6.45) is 1.91. The highest BCUT2D eigenvalue weighted by Gasteiger charge is 2.29. The first-order chi connectivity index (χ1) is 14.4. The van der Waals surface area contributed by atoms with Crippen LogP contribution in [-0.2, 0) is 9.59 Å². The van der Waals surface area contributed by atoms with E-state index in [2.05, 4.69) is 10.6 Å². The lowest BCUT2D eigenvalue weighted by Crippen LogP contribution is -2.20. The molecule has 0 spiro atoms. The summed E-state index contributed by atoms with van der Waals surface area (Å²) in [5.74, 6) is 0.594. The van der Waals surface area contributed by atoms with Gasteiger partial charge >= 0.3 is 0 Å². The van der Waals surface area contributed by atoms with Gasteiger partial charge in [0.1, 0.15) is 5.75 Å². The van der Waals surface area contributed by atoms with Crippen molar-refractivity contribution in [2.24, 2.45) is 5.92 Å². The number of nitrogens with one attached hydrogen (secondary N) is 2. The molecule has 2 N–H and O–H groups in total. The van der Waals surface area contributed by atoms with Crippen LogP contribution in [-0.4, -0.2) is 18.9 Å². The van der Waals surface area contributed by atoms with Crippen molar-refractivity contribution in [3.8, 4) is 5.75 Å². The smallest absolute Gasteiger partial charge is 0.231 e. The SMILES string of the molecule is COc1ccc2cc([C@H](C)C(=O)Nc3cc(NC(=O)C4CC4)ccc3C)ccc2c1. The number of methoxy groups -OCH3 is 1. The van der Waals surface area contributed by atoms with Gasteiger partial charge in [0, 0.05) is 17.3 Å². The van der Waals surface area contributed by atoms with Crippen LogP contribution in [0, 0.1) is 12.8 Å². The third-order valence-electron chi connectivity index (χ3n) is 5.68. The van der Waals surface area contributed by atoms with Gasteiger partial charge in [-0.15, -0.1) is 0 Å². The van der Waals surface area contributed by atoms with Crippen molar-refractivity contribution in [3.63, 3.8) is 0 Å². The van der Waals surface area contributed by atoms with E-state index in [4.69, 9.17) is 4.74 Å². The van der Waals surface area contributed by atoms with Crippen LogP contribution in [0.2, 0.25) is 0 Å². The van der Waals surface area contributed by atoms with Crippen LogP contribution in [0.15, 0.2) is 54.6 Å². The van der Waals surface area contributed by atoms with Crippen molar-refractivity contribution in [3.05, 3.63) is 65.7 Å². The molecule has 1 atom stereocenters. The molecule has 5 nitrogen and oxygen atoms in total. The van der Waals surface area contributed by atoms with E-state index in [1.165, 1.54) is 0 Å². The van der Waals surface area contributed by atoms with E-state index in [0.29, 0.717) is 11.4 Å². The van der Waals surface area contributed by atoms with Crippen molar-refractivity contribution in [2.45, 2.75) is 32.6 Å². The fourth-order valence-corrected chi connectivity index (χ4v) is 3.46. The number of carbonyl (C=O) groups is 2. The molecule has 154 valence electrons. The maximum atomic E-state index is 12.9. The van der Waals surface area contributed by atoms with E-state index in [1.807, 2.05) is 68.4 Å². The van der Waals surface area contributed by atoms with Gasteiger partial charge in [0.25, 0.3) is 0 Å². The fraction of sp³-hybridized carbons (Fsp3) is 0.280. The first kappa shape index (κ1) is 20.0. The van der Waals surface area contributed by atoms with Gasteiger partial charge in [0.2, 0.25) is 11.8 Å². The minimum Gasteiger partial charge on any atom is -0.497 e. The van der Waals surface area contributed by atoms with E-state index in [9.17, 15) is 9.59 Å². The second kappa shape index (κ2) is 8.19. The van der Waals surface area contributed by atoms with Crippen LogP contribution in [0.4, 0.5) is 11.4 Å². The van der Waals surface area contributed by atoms with Gasteiger partial charge in [0.05, 0.1) is 13.0 Å². The third kappa shape index (κ3) is 4.30. The molecule has 0 radical (unpaired) electrons. The number of amides is 2. The molecule has 0 heterocycles. The van der Waals surface area contributed by atoms with E-state index in [1.54, 1.807) is 7.11 Å². The predicted octanol–water partition coefficient (Wildman–Crippen LogP) is 5.25. The topological polar surface area (TPSA) is 67.4 Å². The molecule has 3 aromatic rings. The lowest BCUT2D eigenvalue weighted by atomic mass is 9.96. The zero-order chi connectivity index (χ0) is 21.3. The molecule has 0 aromatic heterocycles. The molecule has 1 saturated carbocycles. The second-order valence-corrected chi connectivity index (χ2v) is 7.98. The van der Waals surface area contributed by atoms with Crippen LogP contribution in [0.1, 0.15) is 36.8 Å². The van der Waals surface area contributed by atoms with Crippen LogP contribution in [0.3, 0.4) is 0 Å². The average Bonchev–Trinajstić information content (AvgIpc) is 3.60. The fourth-order valence-electron chi connectivity index (χ4n) is 3.46. The van der Waals surface area contributed by atoms with E-state index in [-0.39, 0.29) is 23.7 Å². The van der Waals surface area contributed by atoms with Gasteiger partial charge < -0.3 is 15.4 Å². The summed E-state index contributed by atoms with van der Waals surface area (Å²) in [5, 5.41) is 8.09. The van der Waals surface area contributed by atoms with E-state index >= 15 is 0 Å². The van der Waals surface area contributed by atoms with Crippen LogP contribution in [0.5, 0.6) is 5.75 Å². The van der Waals surface area contributed by atoms with Crippen molar-refractivity contribution >= 4 is 34.0 Å². The number of rotatable bonds is 6. The van der Waals surface area contributed by atoms with Gasteiger partial charge in [-0.05, 0) is 72.9 Å². The molecular formula is C25H26N2O3. The minimum absolute atomic E-state index is 0.0530. The van der Waals surface area contributed by atoms with Crippen LogP contribution in [0.25, 0.3) is 10.8 Å². The number of ether oxygens (including phenoxy) is 1. The van der Waals surface area contributed by atoms with Gasteiger partial charge in [-0.1, -0.05) is 30.3 Å². The highest BCUT2D eigenvalue weighted by Crippen LogP contribution is 2.31. The lowest BCUT2D eigenvalue weighted by molar-refractivity contribution is -0.118. The Morgan fingerprint density at radius 2 is 1.70 bits per heavy atom. The molecule has 1 aliphatic rings. The Morgan fingerprint density at radius 3 is 2.43 bits per heavy atom. The molecule has 0 aliphatic heterocycles. The Hall–Kier alpha value is -3.34. The highest BCUT2D eigenvalue weighted by atomic mass is 16.5. The van der Waals surface area contributed by atoms with Crippen molar-refractivity contribution in [1.82, 2.24) is 0 Å². The van der Waals surface area contributed by atoms with Crippen molar-refractivity contribution in [2.75, 3.05) is 17.7 Å². The monoisotopic (exact) mass is 402 g/mol. The maximum Gasteiger partial charge on any atom is 0.231 e.